The Balaban J connectivity index is 2.09. The first-order valence-electron chi connectivity index (χ1n) is 5.58. The fraction of sp³-hybridized carbons (Fsp3) is 0.0769. The van der Waals surface area contributed by atoms with Crippen LogP contribution in [0.2, 0.25) is 0 Å². The van der Waals surface area contributed by atoms with Crippen LogP contribution in [0.3, 0.4) is 0 Å². The lowest BCUT2D eigenvalue weighted by atomic mass is 10.2. The fourth-order valence-corrected chi connectivity index (χ4v) is 1.62. The molecule has 0 aliphatic rings. The van der Waals surface area contributed by atoms with Gasteiger partial charge >= 0.3 is 0 Å². The number of nitro benzene ring substituents is 1. The standard InChI is InChI=1S/C13H12FN3O2/c14-10-3-1-9(2-4-10)8-16-11-5-6-12(15)13(7-11)17(18)19/h1-7,16H,8,15H2. The van der Waals surface area contributed by atoms with E-state index in [9.17, 15) is 14.5 Å². The lowest BCUT2D eigenvalue weighted by Crippen LogP contribution is -2.01. The summed E-state index contributed by atoms with van der Waals surface area (Å²) in [7, 11) is 0. The van der Waals surface area contributed by atoms with E-state index in [0.717, 1.165) is 5.56 Å². The molecule has 2 aromatic rings. The Labute approximate surface area is 109 Å². The maximum absolute atomic E-state index is 12.7. The largest absolute Gasteiger partial charge is 0.393 e. The molecular formula is C13H12FN3O2. The molecule has 0 fully saturated rings. The van der Waals surface area contributed by atoms with Crippen LogP contribution in [0.5, 0.6) is 0 Å². The van der Waals surface area contributed by atoms with Crippen molar-refractivity contribution in [2.45, 2.75) is 6.54 Å². The smallest absolute Gasteiger partial charge is 0.294 e. The van der Waals surface area contributed by atoms with Crippen LogP contribution in [0, 0.1) is 15.9 Å². The number of anilines is 2. The van der Waals surface area contributed by atoms with E-state index in [1.54, 1.807) is 18.2 Å². The molecule has 0 unspecified atom stereocenters. The predicted molar refractivity (Wildman–Crippen MR) is 71.2 cm³/mol. The molecule has 0 saturated carbocycles. The van der Waals surface area contributed by atoms with Crippen molar-refractivity contribution in [2.75, 3.05) is 11.1 Å². The van der Waals surface area contributed by atoms with Gasteiger partial charge in [0.25, 0.3) is 5.69 Å². The van der Waals surface area contributed by atoms with E-state index in [2.05, 4.69) is 5.32 Å². The average molecular weight is 261 g/mol. The summed E-state index contributed by atoms with van der Waals surface area (Å²) < 4.78 is 12.7. The molecular weight excluding hydrogens is 249 g/mol. The first kappa shape index (κ1) is 12.8. The number of nitrogens with zero attached hydrogens (tertiary/aromatic N) is 1. The SMILES string of the molecule is Nc1ccc(NCc2ccc(F)cc2)cc1[N+](=O)[O-]. The van der Waals surface area contributed by atoms with Crippen molar-refractivity contribution in [1.82, 2.24) is 0 Å². The lowest BCUT2D eigenvalue weighted by Gasteiger charge is -2.07. The minimum Gasteiger partial charge on any atom is -0.393 e. The second-order valence-electron chi connectivity index (χ2n) is 4.01. The Morgan fingerprint density at radius 1 is 1.21 bits per heavy atom. The Kier molecular flexibility index (Phi) is 3.61. The summed E-state index contributed by atoms with van der Waals surface area (Å²) in [6.07, 6.45) is 0. The normalized spacial score (nSPS) is 10.2. The van der Waals surface area contributed by atoms with Gasteiger partial charge in [0.05, 0.1) is 4.92 Å². The number of hydrogen-bond acceptors (Lipinski definition) is 4. The number of hydrogen-bond donors (Lipinski definition) is 2. The molecule has 0 bridgehead atoms. The highest BCUT2D eigenvalue weighted by Gasteiger charge is 2.11. The van der Waals surface area contributed by atoms with Crippen molar-refractivity contribution >= 4 is 17.1 Å². The third-order valence-electron chi connectivity index (χ3n) is 2.64. The van der Waals surface area contributed by atoms with Gasteiger partial charge in [0.15, 0.2) is 0 Å². The van der Waals surface area contributed by atoms with E-state index in [0.29, 0.717) is 12.2 Å². The maximum atomic E-state index is 12.7. The number of nitro groups is 1. The van der Waals surface area contributed by atoms with Crippen LogP contribution >= 0.6 is 0 Å². The quantitative estimate of drug-likeness (QED) is 0.503. The van der Waals surface area contributed by atoms with Crippen LogP contribution in [-0.2, 0) is 6.54 Å². The third kappa shape index (κ3) is 3.19. The van der Waals surface area contributed by atoms with Gasteiger partial charge < -0.3 is 11.1 Å². The second kappa shape index (κ2) is 5.34. The summed E-state index contributed by atoms with van der Waals surface area (Å²) in [5.74, 6) is -0.299. The molecule has 3 N–H and O–H groups in total. The van der Waals surface area contributed by atoms with Crippen LogP contribution in [-0.4, -0.2) is 4.92 Å². The topological polar surface area (TPSA) is 81.2 Å². The van der Waals surface area contributed by atoms with Gasteiger partial charge in [-0.2, -0.15) is 0 Å². The third-order valence-corrected chi connectivity index (χ3v) is 2.64. The van der Waals surface area contributed by atoms with Crippen molar-refractivity contribution in [1.29, 1.82) is 0 Å². The Morgan fingerprint density at radius 3 is 2.53 bits per heavy atom. The van der Waals surface area contributed by atoms with Crippen molar-refractivity contribution < 1.29 is 9.31 Å². The number of benzene rings is 2. The number of rotatable bonds is 4. The Morgan fingerprint density at radius 2 is 1.89 bits per heavy atom. The van der Waals surface area contributed by atoms with Gasteiger partial charge in [-0.25, -0.2) is 4.39 Å². The Hall–Kier alpha value is -2.63. The monoisotopic (exact) mass is 261 g/mol. The van der Waals surface area contributed by atoms with E-state index in [1.807, 2.05) is 0 Å². The van der Waals surface area contributed by atoms with Gasteiger partial charge in [-0.3, -0.25) is 10.1 Å². The zero-order valence-electron chi connectivity index (χ0n) is 9.97. The molecule has 0 saturated heterocycles. The summed E-state index contributed by atoms with van der Waals surface area (Å²) in [5.41, 5.74) is 6.95. The van der Waals surface area contributed by atoms with Gasteiger partial charge in [-0.1, -0.05) is 12.1 Å². The van der Waals surface area contributed by atoms with Gasteiger partial charge in [0, 0.05) is 18.3 Å². The second-order valence-corrected chi connectivity index (χ2v) is 4.01. The summed E-state index contributed by atoms with van der Waals surface area (Å²) in [6.45, 7) is 0.446. The molecule has 0 aromatic heterocycles. The molecule has 0 atom stereocenters. The first-order chi connectivity index (χ1) is 9.06. The summed E-state index contributed by atoms with van der Waals surface area (Å²) in [4.78, 5) is 10.2. The number of nitrogens with two attached hydrogens (primary N) is 1. The number of halogens is 1. The highest BCUT2D eigenvalue weighted by atomic mass is 19.1. The fourth-order valence-electron chi connectivity index (χ4n) is 1.62. The van der Waals surface area contributed by atoms with Crippen LogP contribution in [0.4, 0.5) is 21.5 Å². The van der Waals surface area contributed by atoms with Crippen LogP contribution in [0.15, 0.2) is 42.5 Å². The van der Waals surface area contributed by atoms with Gasteiger partial charge in [0.1, 0.15) is 11.5 Å². The first-order valence-corrected chi connectivity index (χ1v) is 5.58. The minimum absolute atomic E-state index is 0.123. The van der Waals surface area contributed by atoms with Crippen LogP contribution in [0.25, 0.3) is 0 Å². The van der Waals surface area contributed by atoms with E-state index >= 15 is 0 Å². The van der Waals surface area contributed by atoms with Gasteiger partial charge in [-0.05, 0) is 29.8 Å². The summed E-state index contributed by atoms with van der Waals surface area (Å²) >= 11 is 0. The molecule has 0 aliphatic carbocycles. The van der Waals surface area contributed by atoms with Gasteiger partial charge in [-0.15, -0.1) is 0 Å². The highest BCUT2D eigenvalue weighted by Crippen LogP contribution is 2.25. The van der Waals surface area contributed by atoms with Crippen LogP contribution < -0.4 is 11.1 Å². The molecule has 6 heteroatoms. The molecule has 0 heterocycles. The van der Waals surface area contributed by atoms with Crippen molar-refractivity contribution in [2.24, 2.45) is 0 Å². The number of nitrogen functional groups attached to an aromatic ring is 1. The molecule has 0 radical (unpaired) electrons. The zero-order chi connectivity index (χ0) is 13.8. The maximum Gasteiger partial charge on any atom is 0.294 e. The lowest BCUT2D eigenvalue weighted by molar-refractivity contribution is -0.383. The minimum atomic E-state index is -0.529. The highest BCUT2D eigenvalue weighted by molar-refractivity contribution is 5.65. The average Bonchev–Trinajstić information content (AvgIpc) is 2.39. The molecule has 5 nitrogen and oxygen atoms in total. The summed E-state index contributed by atoms with van der Waals surface area (Å²) in [6, 6.07) is 10.5. The molecule has 0 amide bonds. The molecule has 0 spiro atoms. The van der Waals surface area contributed by atoms with Gasteiger partial charge in [0.2, 0.25) is 0 Å². The van der Waals surface area contributed by atoms with E-state index in [1.165, 1.54) is 24.3 Å². The molecule has 2 aromatic carbocycles. The van der Waals surface area contributed by atoms with Crippen molar-refractivity contribution in [3.05, 3.63) is 64.0 Å². The predicted octanol–water partition coefficient (Wildman–Crippen LogP) is 2.93. The Bertz CT molecular complexity index is 599. The van der Waals surface area contributed by atoms with E-state index in [-0.39, 0.29) is 17.2 Å². The summed E-state index contributed by atoms with van der Waals surface area (Å²) in [5, 5.41) is 13.8. The van der Waals surface area contributed by atoms with E-state index in [4.69, 9.17) is 5.73 Å². The van der Waals surface area contributed by atoms with Crippen molar-refractivity contribution in [3.8, 4) is 0 Å². The number of nitrogens with one attached hydrogen (secondary N) is 1. The van der Waals surface area contributed by atoms with Crippen LogP contribution in [0.1, 0.15) is 5.56 Å². The molecule has 19 heavy (non-hydrogen) atoms. The van der Waals surface area contributed by atoms with Crippen molar-refractivity contribution in [3.63, 3.8) is 0 Å². The van der Waals surface area contributed by atoms with E-state index < -0.39 is 4.92 Å². The zero-order valence-corrected chi connectivity index (χ0v) is 9.97. The molecule has 2 rings (SSSR count). The molecule has 98 valence electrons. The molecule has 0 aliphatic heterocycles.